The highest BCUT2D eigenvalue weighted by molar-refractivity contribution is 8.00. The number of halogens is 1. The van der Waals surface area contributed by atoms with Gasteiger partial charge in [-0.2, -0.15) is 4.39 Å². The van der Waals surface area contributed by atoms with Crippen molar-refractivity contribution in [2.24, 2.45) is 0 Å². The predicted octanol–water partition coefficient (Wildman–Crippen LogP) is 2.98. The number of benzene rings is 1. The minimum absolute atomic E-state index is 0.0891. The van der Waals surface area contributed by atoms with Crippen molar-refractivity contribution in [2.75, 3.05) is 25.6 Å². The van der Waals surface area contributed by atoms with Crippen LogP contribution < -0.4 is 5.32 Å². The number of thiazole rings is 1. The standard InChI is InChI=1S/C16H16FN3O2S2/c1-18-12-4-5-13(19-15(12)17)16-20-11-3-2-9(6-14(11)24-16)23-10(7-21)8-22/h2-6,10,18,21-22H,7-8H2,1H3. The maximum Gasteiger partial charge on any atom is 0.236 e. The van der Waals surface area contributed by atoms with Gasteiger partial charge in [0.2, 0.25) is 5.95 Å². The molecule has 0 bridgehead atoms. The molecule has 5 nitrogen and oxygen atoms in total. The van der Waals surface area contributed by atoms with E-state index in [0.717, 1.165) is 15.1 Å². The molecular formula is C16H16FN3O2S2. The van der Waals surface area contributed by atoms with E-state index in [1.807, 2.05) is 18.2 Å². The van der Waals surface area contributed by atoms with Crippen LogP contribution in [0.1, 0.15) is 0 Å². The summed E-state index contributed by atoms with van der Waals surface area (Å²) in [5.41, 5.74) is 1.65. The first-order valence-electron chi connectivity index (χ1n) is 7.28. The van der Waals surface area contributed by atoms with Crippen molar-refractivity contribution in [3.63, 3.8) is 0 Å². The van der Waals surface area contributed by atoms with E-state index in [4.69, 9.17) is 0 Å². The summed E-state index contributed by atoms with van der Waals surface area (Å²) in [6.07, 6.45) is 0. The summed E-state index contributed by atoms with van der Waals surface area (Å²) in [6, 6.07) is 9.10. The second kappa shape index (κ2) is 7.43. The smallest absolute Gasteiger partial charge is 0.236 e. The Labute approximate surface area is 146 Å². The molecule has 0 radical (unpaired) electrons. The Balaban J connectivity index is 1.92. The Bertz CT molecular complexity index is 852. The first-order valence-corrected chi connectivity index (χ1v) is 8.98. The lowest BCUT2D eigenvalue weighted by Gasteiger charge is -2.09. The van der Waals surface area contributed by atoms with Crippen molar-refractivity contribution >= 4 is 39.0 Å². The van der Waals surface area contributed by atoms with Gasteiger partial charge < -0.3 is 15.5 Å². The number of hydrogen-bond donors (Lipinski definition) is 3. The molecule has 0 spiro atoms. The van der Waals surface area contributed by atoms with Crippen LogP contribution in [0.5, 0.6) is 0 Å². The summed E-state index contributed by atoms with van der Waals surface area (Å²) in [5.74, 6) is -0.556. The van der Waals surface area contributed by atoms with Crippen LogP contribution in [0.15, 0.2) is 35.2 Å². The van der Waals surface area contributed by atoms with Gasteiger partial charge in [-0.15, -0.1) is 23.1 Å². The lowest BCUT2D eigenvalue weighted by molar-refractivity contribution is 0.228. The predicted molar refractivity (Wildman–Crippen MR) is 96.2 cm³/mol. The number of nitrogens with one attached hydrogen (secondary N) is 1. The highest BCUT2D eigenvalue weighted by atomic mass is 32.2. The van der Waals surface area contributed by atoms with Crippen LogP contribution in [0, 0.1) is 5.95 Å². The van der Waals surface area contributed by atoms with E-state index in [2.05, 4.69) is 15.3 Å². The fourth-order valence-corrected chi connectivity index (χ4v) is 4.07. The molecule has 2 heterocycles. The van der Waals surface area contributed by atoms with Crippen molar-refractivity contribution in [2.45, 2.75) is 10.1 Å². The molecule has 2 aromatic heterocycles. The van der Waals surface area contributed by atoms with Gasteiger partial charge in [-0.25, -0.2) is 9.97 Å². The Morgan fingerprint density at radius 1 is 1.21 bits per heavy atom. The van der Waals surface area contributed by atoms with Crippen LogP contribution in [-0.4, -0.2) is 45.7 Å². The normalized spacial score (nSPS) is 11.4. The number of aromatic nitrogens is 2. The van der Waals surface area contributed by atoms with E-state index in [1.54, 1.807) is 19.2 Å². The molecule has 0 unspecified atom stereocenters. The van der Waals surface area contributed by atoms with E-state index in [1.165, 1.54) is 23.1 Å². The Morgan fingerprint density at radius 3 is 2.67 bits per heavy atom. The van der Waals surface area contributed by atoms with Gasteiger partial charge in [0.1, 0.15) is 10.7 Å². The number of anilines is 1. The molecule has 3 N–H and O–H groups in total. The average Bonchev–Trinajstić information content (AvgIpc) is 3.02. The summed E-state index contributed by atoms with van der Waals surface area (Å²) in [7, 11) is 1.64. The molecule has 0 atom stereocenters. The molecule has 0 fully saturated rings. The van der Waals surface area contributed by atoms with Gasteiger partial charge >= 0.3 is 0 Å². The summed E-state index contributed by atoms with van der Waals surface area (Å²) in [5, 5.41) is 21.5. The summed E-state index contributed by atoms with van der Waals surface area (Å²) < 4.78 is 14.8. The first kappa shape index (κ1) is 17.1. The van der Waals surface area contributed by atoms with Crippen LogP contribution >= 0.6 is 23.1 Å². The molecule has 1 aromatic carbocycles. The van der Waals surface area contributed by atoms with Gasteiger partial charge in [0.25, 0.3) is 0 Å². The SMILES string of the molecule is CNc1ccc(-c2nc3ccc(SC(CO)CO)cc3s2)nc1F. The Kier molecular flexibility index (Phi) is 5.30. The third-order valence-electron chi connectivity index (χ3n) is 3.41. The molecule has 0 amide bonds. The van der Waals surface area contributed by atoms with Crippen LogP contribution in [-0.2, 0) is 0 Å². The van der Waals surface area contributed by atoms with Crippen LogP contribution in [0.2, 0.25) is 0 Å². The summed E-state index contributed by atoms with van der Waals surface area (Å²) >= 11 is 2.84. The minimum atomic E-state index is -0.556. The minimum Gasteiger partial charge on any atom is -0.395 e. The monoisotopic (exact) mass is 365 g/mol. The van der Waals surface area contributed by atoms with Crippen LogP contribution in [0.25, 0.3) is 20.9 Å². The van der Waals surface area contributed by atoms with Crippen molar-refractivity contribution in [1.82, 2.24) is 9.97 Å². The number of aliphatic hydroxyl groups is 2. The van der Waals surface area contributed by atoms with E-state index >= 15 is 0 Å². The highest BCUT2D eigenvalue weighted by Gasteiger charge is 2.13. The maximum atomic E-state index is 13.8. The lowest BCUT2D eigenvalue weighted by Crippen LogP contribution is -2.12. The number of pyridine rings is 1. The molecule has 0 aliphatic heterocycles. The Hall–Kier alpha value is -1.74. The summed E-state index contributed by atoms with van der Waals surface area (Å²) in [4.78, 5) is 9.40. The maximum absolute atomic E-state index is 13.8. The van der Waals surface area contributed by atoms with Gasteiger partial charge in [-0.3, -0.25) is 0 Å². The van der Waals surface area contributed by atoms with Crippen LogP contribution in [0.4, 0.5) is 10.1 Å². The molecule has 24 heavy (non-hydrogen) atoms. The first-order chi connectivity index (χ1) is 11.6. The highest BCUT2D eigenvalue weighted by Crippen LogP contribution is 2.33. The van der Waals surface area contributed by atoms with Gasteiger partial charge in [0.05, 0.1) is 34.4 Å². The number of fused-ring (bicyclic) bond motifs is 1. The summed E-state index contributed by atoms with van der Waals surface area (Å²) in [6.45, 7) is -0.178. The zero-order valence-corrected chi connectivity index (χ0v) is 14.5. The molecule has 0 aliphatic carbocycles. The second-order valence-corrected chi connectivity index (χ2v) is 7.44. The van der Waals surface area contributed by atoms with Crippen molar-refractivity contribution in [1.29, 1.82) is 0 Å². The van der Waals surface area contributed by atoms with E-state index in [-0.39, 0.29) is 18.5 Å². The van der Waals surface area contributed by atoms with Gasteiger partial charge in [0.15, 0.2) is 0 Å². The molecule has 3 rings (SSSR count). The largest absolute Gasteiger partial charge is 0.395 e. The molecule has 126 valence electrons. The fourth-order valence-electron chi connectivity index (χ4n) is 2.15. The zero-order chi connectivity index (χ0) is 17.1. The van der Waals surface area contributed by atoms with Gasteiger partial charge in [-0.1, -0.05) is 0 Å². The third-order valence-corrected chi connectivity index (χ3v) is 5.61. The Morgan fingerprint density at radius 2 is 2.00 bits per heavy atom. The number of nitrogens with zero attached hydrogens (tertiary/aromatic N) is 2. The van der Waals surface area contributed by atoms with Crippen molar-refractivity contribution < 1.29 is 14.6 Å². The van der Waals surface area contributed by atoms with Crippen molar-refractivity contribution in [3.05, 3.63) is 36.3 Å². The molecular weight excluding hydrogens is 349 g/mol. The van der Waals surface area contributed by atoms with E-state index < -0.39 is 5.95 Å². The van der Waals surface area contributed by atoms with Crippen LogP contribution in [0.3, 0.4) is 0 Å². The van der Waals surface area contributed by atoms with Gasteiger partial charge in [0, 0.05) is 11.9 Å². The molecule has 0 saturated carbocycles. The van der Waals surface area contributed by atoms with Crippen molar-refractivity contribution in [3.8, 4) is 10.7 Å². The molecule has 0 saturated heterocycles. The number of thioether (sulfide) groups is 1. The number of hydrogen-bond acceptors (Lipinski definition) is 7. The average molecular weight is 365 g/mol. The second-order valence-electron chi connectivity index (χ2n) is 5.04. The fraction of sp³-hybridized carbons (Fsp3) is 0.250. The molecule has 0 aliphatic rings. The molecule has 3 aromatic rings. The third kappa shape index (κ3) is 3.51. The van der Waals surface area contributed by atoms with E-state index in [0.29, 0.717) is 16.4 Å². The lowest BCUT2D eigenvalue weighted by atomic mass is 10.3. The van der Waals surface area contributed by atoms with E-state index in [9.17, 15) is 14.6 Å². The molecule has 8 heteroatoms. The number of aliphatic hydroxyl groups excluding tert-OH is 2. The topological polar surface area (TPSA) is 78.3 Å². The number of rotatable bonds is 6. The quantitative estimate of drug-likeness (QED) is 0.460. The zero-order valence-electron chi connectivity index (χ0n) is 12.9. The van der Waals surface area contributed by atoms with Gasteiger partial charge in [-0.05, 0) is 30.3 Å².